The Morgan fingerprint density at radius 2 is 1.84 bits per heavy atom. The van der Waals surface area contributed by atoms with Gasteiger partial charge in [-0.2, -0.15) is 0 Å². The molecule has 1 aromatic carbocycles. The van der Waals surface area contributed by atoms with Crippen LogP contribution in [0, 0.1) is 0 Å². The molecule has 1 rings (SSSR count). The number of benzene rings is 1. The van der Waals surface area contributed by atoms with Gasteiger partial charge in [0.15, 0.2) is 0 Å². The Morgan fingerprint density at radius 1 is 1.21 bits per heavy atom. The molecule has 0 fully saturated rings. The molecule has 6 heteroatoms. The fraction of sp³-hybridized carbons (Fsp3) is 0.462. The number of nitrogens with zero attached hydrogens (tertiary/aromatic N) is 1. The third-order valence-electron chi connectivity index (χ3n) is 2.38. The van der Waals surface area contributed by atoms with Crippen LogP contribution in [0.25, 0.3) is 0 Å². The smallest absolute Gasteiger partial charge is 0.409 e. The van der Waals surface area contributed by atoms with Crippen LogP contribution in [0.2, 0.25) is 0 Å². The Bertz CT molecular complexity index is 379. The largest absolute Gasteiger partial charge is 0.497 e. The van der Waals surface area contributed by atoms with Crippen molar-refractivity contribution < 1.29 is 24.1 Å². The molecule has 0 saturated carbocycles. The summed E-state index contributed by atoms with van der Waals surface area (Å²) in [6.45, 7) is 0.581. The van der Waals surface area contributed by atoms with Gasteiger partial charge in [0.2, 0.25) is 0 Å². The molecule has 1 N–H and O–H groups in total. The van der Waals surface area contributed by atoms with Gasteiger partial charge >= 0.3 is 6.09 Å². The minimum Gasteiger partial charge on any atom is -0.497 e. The van der Waals surface area contributed by atoms with Crippen LogP contribution in [0.5, 0.6) is 11.5 Å². The highest BCUT2D eigenvalue weighted by Gasteiger charge is 2.09. The highest BCUT2D eigenvalue weighted by Crippen LogP contribution is 2.16. The van der Waals surface area contributed by atoms with E-state index >= 15 is 0 Å². The van der Waals surface area contributed by atoms with Crippen molar-refractivity contribution in [3.05, 3.63) is 24.3 Å². The molecule has 0 bridgehead atoms. The van der Waals surface area contributed by atoms with Crippen molar-refractivity contribution in [3.8, 4) is 11.5 Å². The number of likely N-dealkylation sites (N-methyl/N-ethyl adjacent to an activating group) is 1. The Morgan fingerprint density at radius 3 is 2.42 bits per heavy atom. The van der Waals surface area contributed by atoms with Gasteiger partial charge in [0.25, 0.3) is 0 Å². The van der Waals surface area contributed by atoms with E-state index in [0.29, 0.717) is 18.9 Å². The van der Waals surface area contributed by atoms with Gasteiger partial charge < -0.3 is 24.2 Å². The topological polar surface area (TPSA) is 68.2 Å². The first kappa shape index (κ1) is 15.1. The summed E-state index contributed by atoms with van der Waals surface area (Å²) < 4.78 is 15.3. The van der Waals surface area contributed by atoms with E-state index in [4.69, 9.17) is 19.3 Å². The van der Waals surface area contributed by atoms with Crippen LogP contribution in [-0.2, 0) is 4.74 Å². The maximum atomic E-state index is 11.3. The van der Waals surface area contributed by atoms with E-state index < -0.39 is 6.09 Å². The summed E-state index contributed by atoms with van der Waals surface area (Å²) in [6, 6.07) is 7.19. The van der Waals surface area contributed by atoms with Crippen molar-refractivity contribution in [2.24, 2.45) is 0 Å². The number of amides is 1. The first-order valence-corrected chi connectivity index (χ1v) is 5.93. The lowest BCUT2D eigenvalue weighted by Gasteiger charge is -2.16. The van der Waals surface area contributed by atoms with Crippen LogP contribution >= 0.6 is 0 Å². The number of hydrogen-bond donors (Lipinski definition) is 1. The Kier molecular flexibility index (Phi) is 6.52. The molecule has 0 aliphatic heterocycles. The number of ether oxygens (including phenoxy) is 3. The molecule has 1 aromatic rings. The molecule has 0 heterocycles. The number of carbonyl (C=O) groups excluding carboxylic acids is 1. The Hall–Kier alpha value is -1.95. The van der Waals surface area contributed by atoms with Crippen LogP contribution < -0.4 is 9.47 Å². The fourth-order valence-corrected chi connectivity index (χ4v) is 1.31. The van der Waals surface area contributed by atoms with Crippen molar-refractivity contribution >= 4 is 6.09 Å². The average Bonchev–Trinajstić information content (AvgIpc) is 2.45. The van der Waals surface area contributed by atoms with E-state index in [0.717, 1.165) is 5.75 Å². The summed E-state index contributed by atoms with van der Waals surface area (Å²) in [5, 5.41) is 8.53. The number of carbonyl (C=O) groups is 1. The molecular weight excluding hydrogens is 250 g/mol. The molecule has 106 valence electrons. The molecule has 0 aliphatic carbocycles. The molecule has 0 atom stereocenters. The van der Waals surface area contributed by atoms with Gasteiger partial charge in [-0.3, -0.25) is 0 Å². The van der Waals surface area contributed by atoms with E-state index in [2.05, 4.69) is 0 Å². The standard InChI is InChI=1S/C13H19NO5/c1-14(13(16)19-10-8-15)7-9-18-12-5-3-11(17-2)4-6-12/h3-6,15H,7-10H2,1-2H3. The molecule has 0 saturated heterocycles. The lowest BCUT2D eigenvalue weighted by Crippen LogP contribution is -2.32. The highest BCUT2D eigenvalue weighted by molar-refractivity contribution is 5.67. The molecule has 0 radical (unpaired) electrons. The van der Waals surface area contributed by atoms with Crippen molar-refractivity contribution in [1.29, 1.82) is 0 Å². The number of methoxy groups -OCH3 is 1. The third-order valence-corrected chi connectivity index (χ3v) is 2.38. The summed E-state index contributed by atoms with van der Waals surface area (Å²) in [5.74, 6) is 1.47. The summed E-state index contributed by atoms with van der Waals surface area (Å²) in [4.78, 5) is 12.7. The van der Waals surface area contributed by atoms with Crippen LogP contribution in [0.15, 0.2) is 24.3 Å². The normalized spacial score (nSPS) is 9.84. The van der Waals surface area contributed by atoms with E-state index in [1.165, 1.54) is 4.90 Å². The number of rotatable bonds is 7. The minimum absolute atomic E-state index is 0.00249. The average molecular weight is 269 g/mol. The van der Waals surface area contributed by atoms with E-state index in [1.54, 1.807) is 38.4 Å². The third kappa shape index (κ3) is 5.48. The predicted molar refractivity (Wildman–Crippen MR) is 69.6 cm³/mol. The maximum Gasteiger partial charge on any atom is 0.409 e. The molecule has 6 nitrogen and oxygen atoms in total. The zero-order chi connectivity index (χ0) is 14.1. The lowest BCUT2D eigenvalue weighted by atomic mass is 10.3. The summed E-state index contributed by atoms with van der Waals surface area (Å²) in [6.07, 6.45) is -0.479. The van der Waals surface area contributed by atoms with Crippen molar-refractivity contribution in [3.63, 3.8) is 0 Å². The molecule has 0 unspecified atom stereocenters. The zero-order valence-corrected chi connectivity index (χ0v) is 11.2. The number of aliphatic hydroxyl groups excluding tert-OH is 1. The molecule has 19 heavy (non-hydrogen) atoms. The first-order chi connectivity index (χ1) is 9.17. The second kappa shape index (κ2) is 8.20. The van der Waals surface area contributed by atoms with Gasteiger partial charge in [-0.05, 0) is 24.3 Å². The molecule has 0 aromatic heterocycles. The van der Waals surface area contributed by atoms with Gasteiger partial charge in [-0.15, -0.1) is 0 Å². The van der Waals surface area contributed by atoms with E-state index in [-0.39, 0.29) is 13.2 Å². The summed E-state index contributed by atoms with van der Waals surface area (Å²) in [5.41, 5.74) is 0. The first-order valence-electron chi connectivity index (χ1n) is 5.93. The highest BCUT2D eigenvalue weighted by atomic mass is 16.6. The monoisotopic (exact) mass is 269 g/mol. The Labute approximate surface area is 112 Å². The van der Waals surface area contributed by atoms with Crippen molar-refractivity contribution in [1.82, 2.24) is 4.90 Å². The van der Waals surface area contributed by atoms with Crippen LogP contribution in [0.3, 0.4) is 0 Å². The quantitative estimate of drug-likeness (QED) is 0.803. The van der Waals surface area contributed by atoms with Crippen LogP contribution in [-0.4, -0.2) is 56.6 Å². The number of hydrogen-bond acceptors (Lipinski definition) is 5. The predicted octanol–water partition coefficient (Wildman–Crippen LogP) is 1.13. The number of aliphatic hydroxyl groups is 1. The maximum absolute atomic E-state index is 11.3. The van der Waals surface area contributed by atoms with Gasteiger partial charge in [0, 0.05) is 7.05 Å². The van der Waals surface area contributed by atoms with Gasteiger partial charge in [-0.25, -0.2) is 4.79 Å². The summed E-state index contributed by atoms with van der Waals surface area (Å²) >= 11 is 0. The molecule has 0 spiro atoms. The second-order valence-electron chi connectivity index (χ2n) is 3.78. The summed E-state index contributed by atoms with van der Waals surface area (Å²) in [7, 11) is 3.21. The lowest BCUT2D eigenvalue weighted by molar-refractivity contribution is 0.0872. The second-order valence-corrected chi connectivity index (χ2v) is 3.78. The van der Waals surface area contributed by atoms with Gasteiger partial charge in [-0.1, -0.05) is 0 Å². The zero-order valence-electron chi connectivity index (χ0n) is 11.2. The molecule has 1 amide bonds. The fourth-order valence-electron chi connectivity index (χ4n) is 1.31. The molecule has 0 aliphatic rings. The van der Waals surface area contributed by atoms with E-state index in [9.17, 15) is 4.79 Å². The van der Waals surface area contributed by atoms with Crippen LogP contribution in [0.4, 0.5) is 4.79 Å². The van der Waals surface area contributed by atoms with E-state index in [1.807, 2.05) is 0 Å². The van der Waals surface area contributed by atoms with Crippen molar-refractivity contribution in [2.45, 2.75) is 0 Å². The molecular formula is C13H19NO5. The van der Waals surface area contributed by atoms with Gasteiger partial charge in [0.05, 0.1) is 20.3 Å². The Balaban J connectivity index is 2.26. The van der Waals surface area contributed by atoms with Crippen LogP contribution in [0.1, 0.15) is 0 Å². The SMILES string of the molecule is COc1ccc(OCCN(C)C(=O)OCCO)cc1. The van der Waals surface area contributed by atoms with Crippen molar-refractivity contribution in [2.75, 3.05) is 40.5 Å². The van der Waals surface area contributed by atoms with Gasteiger partial charge in [0.1, 0.15) is 24.7 Å². The minimum atomic E-state index is -0.479.